The molecule has 0 spiro atoms. The first-order chi connectivity index (χ1) is 1.41. The van der Waals surface area contributed by atoms with Gasteiger partial charge in [-0.15, -0.1) is 0 Å². The molecule has 0 aliphatic heterocycles. The first-order valence-corrected chi connectivity index (χ1v) is 0.365. The fraction of sp³-hybridized carbons (Fsp3) is 0. The van der Waals surface area contributed by atoms with E-state index in [-0.39, 0.29) is 16.4 Å². The van der Waals surface area contributed by atoms with Crippen LogP contribution in [0.15, 0.2) is 0 Å². The Morgan fingerprint density at radius 2 is 1.20 bits per heavy atom. The molecule has 0 aromatic heterocycles. The Labute approximate surface area is 33.2 Å². The van der Waals surface area contributed by atoms with Crippen LogP contribution in [0.2, 0.25) is 0 Å². The van der Waals surface area contributed by atoms with Crippen molar-refractivity contribution in [2.24, 2.45) is 0 Å². The molecule has 4 N–H and O–H groups in total. The number of rotatable bonds is 0. The summed E-state index contributed by atoms with van der Waals surface area (Å²) in [6, 6.07) is 0. The molecule has 0 amide bonds. The highest BCUT2D eigenvalue weighted by Gasteiger charge is 1.27. The van der Waals surface area contributed by atoms with Crippen LogP contribution in [0, 0.1) is 0 Å². The zero-order valence-electron chi connectivity index (χ0n) is 1.80. The smallest absolute Gasteiger partial charge is 0.0149 e. The summed E-state index contributed by atoms with van der Waals surface area (Å²) < 4.78 is 0. The minimum Gasteiger partial charge on any atom is -0.412 e. The minimum absolute atomic E-state index is 0. The van der Waals surface area contributed by atoms with Gasteiger partial charge in [-0.05, 0) is 11.0 Å². The first-order valence-electron chi connectivity index (χ1n) is 0.365. The predicted molar refractivity (Wildman–Crippen MR) is 21.3 cm³/mol. The van der Waals surface area contributed by atoms with Crippen LogP contribution in [0.25, 0.3) is 0 Å². The van der Waals surface area contributed by atoms with Gasteiger partial charge in [0.2, 0.25) is 0 Å². The normalized spacial score (nSPS) is 3.60. The lowest BCUT2D eigenvalue weighted by atomic mass is 14.6. The van der Waals surface area contributed by atoms with E-state index in [0.717, 1.165) is 0 Å². The molecule has 0 aliphatic rings. The summed E-state index contributed by atoms with van der Waals surface area (Å²) in [4.78, 5) is 0. The average molecular weight is 100 g/mol. The summed E-state index contributed by atoms with van der Waals surface area (Å²) >= 11 is 0. The Morgan fingerprint density at radius 1 is 1.20 bits per heavy atom. The average Bonchev–Trinajstić information content (AvgIpc) is 0.918. The zero-order chi connectivity index (χ0) is 2.71. The van der Waals surface area contributed by atoms with Crippen LogP contribution < -0.4 is 0 Å². The van der Waals surface area contributed by atoms with Gasteiger partial charge in [0.05, 0.1) is 0 Å². The van der Waals surface area contributed by atoms with Crippen molar-refractivity contribution in [1.29, 1.82) is 0 Å². The van der Waals surface area contributed by atoms with Crippen LogP contribution in [0.5, 0.6) is 0 Å². The molecule has 0 radical (unpaired) electrons. The molecule has 0 aromatic rings. The Kier molecular flexibility index (Phi) is 134. The molecule has 0 saturated carbocycles. The third-order valence-corrected chi connectivity index (χ3v) is 0. The van der Waals surface area contributed by atoms with Crippen molar-refractivity contribution in [2.75, 3.05) is 0 Å². The van der Waals surface area contributed by atoms with Crippen LogP contribution in [0.3, 0.4) is 0 Å². The molecule has 0 rings (SSSR count). The van der Waals surface area contributed by atoms with Crippen LogP contribution in [-0.4, -0.2) is 27.0 Å². The molecule has 0 atom stereocenters. The summed E-state index contributed by atoms with van der Waals surface area (Å²) in [6.45, 7) is 0. The van der Waals surface area contributed by atoms with Gasteiger partial charge >= 0.3 is 0 Å². The highest BCUT2D eigenvalue weighted by atomic mass is 28.1. The Balaban J connectivity index is -0.0000000200. The van der Waals surface area contributed by atoms with E-state index in [1.54, 1.807) is 0 Å². The second-order valence-corrected chi connectivity index (χ2v) is 0.0816. The van der Waals surface area contributed by atoms with Gasteiger partial charge in [-0.3, -0.25) is 0 Å². The molecule has 4 nitrogen and oxygen atoms in total. The van der Waals surface area contributed by atoms with Gasteiger partial charge in [0.1, 0.15) is 0 Å². The van der Waals surface area contributed by atoms with Crippen LogP contribution in [0.4, 0.5) is 0 Å². The second-order valence-electron chi connectivity index (χ2n) is 0.0816. The zero-order valence-corrected chi connectivity index (χ0v) is 1.80. The van der Waals surface area contributed by atoms with Gasteiger partial charge in [-0.25, -0.2) is 10.5 Å². The highest BCUT2D eigenvalue weighted by Crippen LogP contribution is 1.24. The van der Waals surface area contributed by atoms with Crippen molar-refractivity contribution in [3.63, 3.8) is 0 Å². The maximum atomic E-state index is 6.62. The van der Waals surface area contributed by atoms with Gasteiger partial charge in [0.15, 0.2) is 0 Å². The molecule has 0 heterocycles. The van der Waals surface area contributed by atoms with Gasteiger partial charge < -0.3 is 5.48 Å². The topological polar surface area (TPSA) is 81.2 Å². The largest absolute Gasteiger partial charge is 0.412 e. The van der Waals surface area contributed by atoms with E-state index < -0.39 is 0 Å². The van der Waals surface area contributed by atoms with Crippen molar-refractivity contribution >= 4 is 11.0 Å². The summed E-state index contributed by atoms with van der Waals surface area (Å²) in [5, 5.41) is 15.5. The highest BCUT2D eigenvalue weighted by molar-refractivity contribution is 5.75. The standard InChI is InChI=1S/H2O3.H2O.H4Si/c1-3-2;;/h1-2H;1H2;1H4. The summed E-state index contributed by atoms with van der Waals surface area (Å²) in [7, 11) is 0. The van der Waals surface area contributed by atoms with Crippen molar-refractivity contribution in [3.05, 3.63) is 0 Å². The maximum absolute atomic E-state index is 6.62. The van der Waals surface area contributed by atoms with Crippen LogP contribution in [0.1, 0.15) is 0 Å². The maximum Gasteiger partial charge on any atom is -0.0149 e. The van der Waals surface area contributed by atoms with Crippen molar-refractivity contribution in [2.45, 2.75) is 0 Å². The molecule has 36 valence electrons. The van der Waals surface area contributed by atoms with E-state index >= 15 is 0 Å². The second kappa shape index (κ2) is 33.9. The fourth-order valence-corrected chi connectivity index (χ4v) is 0. The fourth-order valence-electron chi connectivity index (χ4n) is 0. The molecule has 5 heavy (non-hydrogen) atoms. The molecule has 0 aliphatic carbocycles. The molecule has 0 aromatic carbocycles. The SMILES string of the molecule is O.OOO.[SiH4]. The van der Waals surface area contributed by atoms with Crippen LogP contribution in [-0.2, 0) is 5.04 Å². The molecule has 0 saturated heterocycles. The Hall–Kier alpha value is 0.0569. The summed E-state index contributed by atoms with van der Waals surface area (Å²) in [5.41, 5.74) is 0. The van der Waals surface area contributed by atoms with Crippen molar-refractivity contribution < 1.29 is 21.0 Å². The quantitative estimate of drug-likeness (QED) is 0.203. The number of hydrogen-bond acceptors (Lipinski definition) is 3. The van der Waals surface area contributed by atoms with Gasteiger partial charge in [0, 0.05) is 0 Å². The van der Waals surface area contributed by atoms with E-state index in [1.165, 1.54) is 0 Å². The monoisotopic (exact) mass is 100 g/mol. The van der Waals surface area contributed by atoms with Crippen LogP contribution >= 0.6 is 0 Å². The molecule has 5 heteroatoms. The summed E-state index contributed by atoms with van der Waals surface area (Å²) in [6.07, 6.45) is 0. The van der Waals surface area contributed by atoms with Crippen molar-refractivity contribution in [1.82, 2.24) is 0 Å². The molecule has 0 bridgehead atoms. The van der Waals surface area contributed by atoms with Crippen molar-refractivity contribution in [3.8, 4) is 0 Å². The Morgan fingerprint density at radius 3 is 1.20 bits per heavy atom. The minimum atomic E-state index is 0. The van der Waals surface area contributed by atoms with Gasteiger partial charge in [-0.2, -0.15) is 0 Å². The van der Waals surface area contributed by atoms with E-state index in [9.17, 15) is 0 Å². The number of hydrogen-bond donors (Lipinski definition) is 2. The lowest BCUT2D eigenvalue weighted by molar-refractivity contribution is -0.465. The molecular formula is H8O4Si. The first kappa shape index (κ1) is 19.7. The lowest BCUT2D eigenvalue weighted by Gasteiger charge is -1.56. The van der Waals surface area contributed by atoms with Gasteiger partial charge in [0.25, 0.3) is 0 Å². The lowest BCUT2D eigenvalue weighted by Crippen LogP contribution is -1.60. The predicted octanol–water partition coefficient (Wildman–Crippen LogP) is -2.33. The molecule has 0 unspecified atom stereocenters. The molecular weight excluding hydrogens is 92.1 g/mol. The van der Waals surface area contributed by atoms with E-state index in [1.807, 2.05) is 0 Å². The van der Waals surface area contributed by atoms with E-state index in [2.05, 4.69) is 5.04 Å². The molecule has 0 fully saturated rings. The third-order valence-electron chi connectivity index (χ3n) is 0. The third kappa shape index (κ3) is 5300. The van der Waals surface area contributed by atoms with Gasteiger partial charge in [-0.1, -0.05) is 5.04 Å². The summed E-state index contributed by atoms with van der Waals surface area (Å²) in [5.74, 6) is 0. The van der Waals surface area contributed by atoms with E-state index in [0.29, 0.717) is 0 Å². The Bertz CT molecular complexity index is 3.61. The van der Waals surface area contributed by atoms with E-state index in [4.69, 9.17) is 10.5 Å².